The standard InChI is InChI=1S/C9H19NO.Na/c1-3-4-5-6-7-8(2)9(10)11;/h8H,3-7H2,1-2H3,(H2,10,11);. The van der Waals surface area contributed by atoms with Crippen LogP contribution in [-0.4, -0.2) is 35.5 Å². The molecule has 1 atom stereocenters. The molecular weight excluding hydrogens is 161 g/mol. The number of carbonyl (C=O) groups excluding carboxylic acids is 1. The SMILES string of the molecule is CCCCCCC(C)C(N)=O.[Na]. The van der Waals surface area contributed by atoms with Gasteiger partial charge in [0.1, 0.15) is 0 Å². The summed E-state index contributed by atoms with van der Waals surface area (Å²) in [5.41, 5.74) is 5.11. The van der Waals surface area contributed by atoms with Crippen molar-refractivity contribution in [3.8, 4) is 0 Å². The first-order chi connectivity index (χ1) is 5.18. The molecule has 0 aromatic rings. The zero-order valence-electron chi connectivity index (χ0n) is 8.60. The summed E-state index contributed by atoms with van der Waals surface area (Å²) in [6.07, 6.45) is 5.83. The van der Waals surface area contributed by atoms with Crippen molar-refractivity contribution in [3.05, 3.63) is 0 Å². The Kier molecular flexibility index (Phi) is 11.9. The van der Waals surface area contributed by atoms with E-state index in [0.717, 1.165) is 12.8 Å². The van der Waals surface area contributed by atoms with Crippen molar-refractivity contribution in [2.75, 3.05) is 0 Å². The van der Waals surface area contributed by atoms with E-state index in [0.29, 0.717) is 0 Å². The van der Waals surface area contributed by atoms with Gasteiger partial charge in [-0.2, -0.15) is 0 Å². The zero-order valence-corrected chi connectivity index (χ0v) is 10.6. The molecule has 0 fully saturated rings. The predicted molar refractivity (Wildman–Crippen MR) is 52.9 cm³/mol. The smallest absolute Gasteiger partial charge is 0.220 e. The van der Waals surface area contributed by atoms with Crippen molar-refractivity contribution in [1.29, 1.82) is 0 Å². The van der Waals surface area contributed by atoms with Crippen LogP contribution in [0.3, 0.4) is 0 Å². The topological polar surface area (TPSA) is 43.1 Å². The Morgan fingerprint density at radius 2 is 1.92 bits per heavy atom. The van der Waals surface area contributed by atoms with Gasteiger partial charge in [0.15, 0.2) is 0 Å². The summed E-state index contributed by atoms with van der Waals surface area (Å²) in [7, 11) is 0. The monoisotopic (exact) mass is 180 g/mol. The van der Waals surface area contributed by atoms with Crippen LogP contribution in [0.25, 0.3) is 0 Å². The Labute approximate surface area is 97.6 Å². The van der Waals surface area contributed by atoms with Crippen LogP contribution in [0.4, 0.5) is 0 Å². The van der Waals surface area contributed by atoms with Gasteiger partial charge in [0, 0.05) is 35.5 Å². The normalized spacial score (nSPS) is 11.8. The van der Waals surface area contributed by atoms with E-state index in [2.05, 4.69) is 6.92 Å². The van der Waals surface area contributed by atoms with E-state index < -0.39 is 0 Å². The third kappa shape index (κ3) is 8.57. The van der Waals surface area contributed by atoms with E-state index >= 15 is 0 Å². The average Bonchev–Trinajstić information content (AvgIpc) is 1.97. The van der Waals surface area contributed by atoms with Crippen molar-refractivity contribution in [2.45, 2.75) is 46.0 Å². The minimum Gasteiger partial charge on any atom is -0.369 e. The molecule has 3 heteroatoms. The number of primary amides is 1. The van der Waals surface area contributed by atoms with E-state index in [1.807, 2.05) is 6.92 Å². The Morgan fingerprint density at radius 1 is 1.33 bits per heavy atom. The fraction of sp³-hybridized carbons (Fsp3) is 0.889. The molecule has 2 N–H and O–H groups in total. The van der Waals surface area contributed by atoms with E-state index in [1.54, 1.807) is 0 Å². The molecule has 0 aliphatic rings. The van der Waals surface area contributed by atoms with E-state index in [9.17, 15) is 4.79 Å². The molecule has 1 amide bonds. The van der Waals surface area contributed by atoms with Gasteiger partial charge in [-0.05, 0) is 6.42 Å². The Morgan fingerprint density at radius 3 is 2.33 bits per heavy atom. The molecule has 0 heterocycles. The number of unbranched alkanes of at least 4 members (excludes halogenated alkanes) is 3. The first-order valence-electron chi connectivity index (χ1n) is 4.47. The summed E-state index contributed by atoms with van der Waals surface area (Å²) in [4.78, 5) is 10.6. The first kappa shape index (κ1) is 15.0. The molecule has 0 spiro atoms. The van der Waals surface area contributed by atoms with Gasteiger partial charge in [-0.25, -0.2) is 0 Å². The molecular formula is C9H19NNaO. The van der Waals surface area contributed by atoms with Crippen LogP contribution in [-0.2, 0) is 4.79 Å². The predicted octanol–water partition coefficient (Wildman–Crippen LogP) is 1.70. The van der Waals surface area contributed by atoms with Crippen LogP contribution in [0, 0.1) is 5.92 Å². The second-order valence-corrected chi connectivity index (χ2v) is 3.15. The number of nitrogens with two attached hydrogens (primary N) is 1. The number of rotatable bonds is 6. The molecule has 0 rings (SSSR count). The van der Waals surface area contributed by atoms with Crippen molar-refractivity contribution >= 4 is 35.5 Å². The van der Waals surface area contributed by atoms with Gasteiger partial charge in [-0.15, -0.1) is 0 Å². The van der Waals surface area contributed by atoms with Crippen molar-refractivity contribution in [2.24, 2.45) is 11.7 Å². The van der Waals surface area contributed by atoms with Crippen LogP contribution in [0.15, 0.2) is 0 Å². The maximum atomic E-state index is 10.6. The summed E-state index contributed by atoms with van der Waals surface area (Å²) in [5.74, 6) is -0.103. The third-order valence-electron chi connectivity index (χ3n) is 1.98. The minimum absolute atomic E-state index is 0. The number of amides is 1. The van der Waals surface area contributed by atoms with Crippen LogP contribution >= 0.6 is 0 Å². The second-order valence-electron chi connectivity index (χ2n) is 3.15. The Balaban J connectivity index is 0. The molecule has 12 heavy (non-hydrogen) atoms. The molecule has 2 nitrogen and oxygen atoms in total. The van der Waals surface area contributed by atoms with Crippen LogP contribution < -0.4 is 5.73 Å². The van der Waals surface area contributed by atoms with Gasteiger partial charge in [0.2, 0.25) is 5.91 Å². The van der Waals surface area contributed by atoms with E-state index in [-0.39, 0.29) is 41.4 Å². The number of hydrogen-bond acceptors (Lipinski definition) is 1. The number of hydrogen-bond donors (Lipinski definition) is 1. The molecule has 0 bridgehead atoms. The van der Waals surface area contributed by atoms with Crippen molar-refractivity contribution in [3.63, 3.8) is 0 Å². The molecule has 1 unspecified atom stereocenters. The summed E-state index contributed by atoms with van der Waals surface area (Å²) in [6.45, 7) is 4.08. The summed E-state index contributed by atoms with van der Waals surface area (Å²) in [6, 6.07) is 0. The van der Waals surface area contributed by atoms with Gasteiger partial charge in [0.25, 0.3) is 0 Å². The summed E-state index contributed by atoms with van der Waals surface area (Å²) in [5, 5.41) is 0. The number of carbonyl (C=O) groups is 1. The Bertz CT molecular complexity index is 117. The van der Waals surface area contributed by atoms with Crippen molar-refractivity contribution in [1.82, 2.24) is 0 Å². The van der Waals surface area contributed by atoms with Gasteiger partial charge in [-0.3, -0.25) is 4.79 Å². The molecule has 1 radical (unpaired) electrons. The molecule has 0 saturated heterocycles. The summed E-state index contributed by atoms with van der Waals surface area (Å²) >= 11 is 0. The maximum absolute atomic E-state index is 10.6. The fourth-order valence-corrected chi connectivity index (χ4v) is 1.02. The van der Waals surface area contributed by atoms with Crippen LogP contribution in [0.1, 0.15) is 46.0 Å². The zero-order chi connectivity index (χ0) is 8.69. The summed E-state index contributed by atoms with van der Waals surface area (Å²) < 4.78 is 0. The van der Waals surface area contributed by atoms with E-state index in [1.165, 1.54) is 19.3 Å². The van der Waals surface area contributed by atoms with Crippen LogP contribution in [0.2, 0.25) is 0 Å². The van der Waals surface area contributed by atoms with Crippen molar-refractivity contribution < 1.29 is 4.79 Å². The van der Waals surface area contributed by atoms with Gasteiger partial charge in [0.05, 0.1) is 0 Å². The molecule has 0 aliphatic heterocycles. The molecule has 0 saturated carbocycles. The third-order valence-corrected chi connectivity index (χ3v) is 1.98. The maximum Gasteiger partial charge on any atom is 0.220 e. The second kappa shape index (κ2) is 9.56. The van der Waals surface area contributed by atoms with Gasteiger partial charge < -0.3 is 5.73 Å². The fourth-order valence-electron chi connectivity index (χ4n) is 1.02. The molecule has 0 aromatic carbocycles. The molecule has 0 aliphatic carbocycles. The Hall–Kier alpha value is 0.470. The minimum atomic E-state index is -0.165. The van der Waals surface area contributed by atoms with Gasteiger partial charge >= 0.3 is 0 Å². The first-order valence-corrected chi connectivity index (χ1v) is 4.47. The molecule has 67 valence electrons. The molecule has 0 aromatic heterocycles. The van der Waals surface area contributed by atoms with Crippen LogP contribution in [0.5, 0.6) is 0 Å². The average molecular weight is 180 g/mol. The quantitative estimate of drug-likeness (QED) is 0.490. The van der Waals surface area contributed by atoms with E-state index in [4.69, 9.17) is 5.73 Å². The van der Waals surface area contributed by atoms with Gasteiger partial charge in [-0.1, -0.05) is 39.5 Å². The largest absolute Gasteiger partial charge is 0.369 e.